The Hall–Kier alpha value is -2.81. The van der Waals surface area contributed by atoms with Gasteiger partial charge in [0.05, 0.1) is 22.5 Å². The molecule has 1 heterocycles. The summed E-state index contributed by atoms with van der Waals surface area (Å²) in [6, 6.07) is 10.6. The molecule has 0 bridgehead atoms. The van der Waals surface area contributed by atoms with E-state index in [0.717, 1.165) is 5.01 Å². The first-order valence-electron chi connectivity index (χ1n) is 9.01. The quantitative estimate of drug-likeness (QED) is 0.612. The third kappa shape index (κ3) is 6.10. The predicted molar refractivity (Wildman–Crippen MR) is 115 cm³/mol. The van der Waals surface area contributed by atoms with Gasteiger partial charge in [0.2, 0.25) is 5.91 Å². The number of carbonyl (C=O) groups is 4. The average molecular weight is 485 g/mol. The zero-order valence-electron chi connectivity index (χ0n) is 15.9. The lowest BCUT2D eigenvalue weighted by Gasteiger charge is -2.17. The highest BCUT2D eigenvalue weighted by molar-refractivity contribution is 6.42. The number of benzene rings is 2. The van der Waals surface area contributed by atoms with Crippen molar-refractivity contribution in [1.82, 2.24) is 10.4 Å². The molecule has 1 aliphatic rings. The van der Waals surface area contributed by atoms with Crippen molar-refractivity contribution in [1.29, 1.82) is 0 Å². The Bertz CT molecular complexity index is 1030. The van der Waals surface area contributed by atoms with Crippen LogP contribution in [0.25, 0.3) is 0 Å². The number of nitrogens with zero attached hydrogens (tertiary/aromatic N) is 1. The Morgan fingerprint density at radius 3 is 2.42 bits per heavy atom. The molecule has 11 heteroatoms. The van der Waals surface area contributed by atoms with Gasteiger partial charge in [-0.15, -0.1) is 0 Å². The van der Waals surface area contributed by atoms with Crippen molar-refractivity contribution >= 4 is 64.2 Å². The predicted octanol–water partition coefficient (Wildman–Crippen LogP) is 3.32. The number of hydrogen-bond acceptors (Lipinski definition) is 5. The minimum absolute atomic E-state index is 0.0641. The molecule has 162 valence electrons. The largest absolute Gasteiger partial charge is 0.455 e. The SMILES string of the molecule is O=C(COC(=O)[C@H]1CC(=O)N(NC(=O)c2ccc(Cl)cc2)C1)Nc1ccc(Cl)c(Cl)c1. The molecule has 0 saturated carbocycles. The summed E-state index contributed by atoms with van der Waals surface area (Å²) in [5.74, 6) is -3.06. The van der Waals surface area contributed by atoms with Gasteiger partial charge in [0.1, 0.15) is 0 Å². The summed E-state index contributed by atoms with van der Waals surface area (Å²) in [5.41, 5.74) is 3.15. The number of rotatable bonds is 6. The van der Waals surface area contributed by atoms with Crippen LogP contribution in [0.3, 0.4) is 0 Å². The monoisotopic (exact) mass is 483 g/mol. The zero-order valence-corrected chi connectivity index (χ0v) is 18.1. The van der Waals surface area contributed by atoms with Crippen LogP contribution in [-0.4, -0.2) is 41.9 Å². The van der Waals surface area contributed by atoms with Crippen LogP contribution in [0.5, 0.6) is 0 Å². The molecule has 2 aromatic rings. The molecular weight excluding hydrogens is 469 g/mol. The minimum Gasteiger partial charge on any atom is -0.455 e. The van der Waals surface area contributed by atoms with Crippen LogP contribution in [0.15, 0.2) is 42.5 Å². The molecule has 31 heavy (non-hydrogen) atoms. The van der Waals surface area contributed by atoms with Crippen molar-refractivity contribution < 1.29 is 23.9 Å². The second-order valence-electron chi connectivity index (χ2n) is 6.64. The Morgan fingerprint density at radius 2 is 1.74 bits per heavy atom. The van der Waals surface area contributed by atoms with E-state index >= 15 is 0 Å². The van der Waals surface area contributed by atoms with Gasteiger partial charge in [-0.3, -0.25) is 29.6 Å². The summed E-state index contributed by atoms with van der Waals surface area (Å²) < 4.78 is 5.00. The van der Waals surface area contributed by atoms with Crippen molar-refractivity contribution in [3.63, 3.8) is 0 Å². The maximum absolute atomic E-state index is 12.2. The average Bonchev–Trinajstić information content (AvgIpc) is 3.10. The number of nitrogens with one attached hydrogen (secondary N) is 2. The highest BCUT2D eigenvalue weighted by Crippen LogP contribution is 2.25. The smallest absolute Gasteiger partial charge is 0.311 e. The molecule has 3 rings (SSSR count). The summed E-state index contributed by atoms with van der Waals surface area (Å²) in [6.07, 6.45) is -0.145. The normalized spacial score (nSPS) is 15.5. The van der Waals surface area contributed by atoms with Gasteiger partial charge in [0, 0.05) is 22.7 Å². The standard InChI is InChI=1S/C20H16Cl3N3O5/c21-13-3-1-11(2-4-13)19(29)25-26-9-12(7-18(26)28)20(30)31-10-17(27)24-14-5-6-15(22)16(23)8-14/h1-6,8,12H,7,9-10H2,(H,24,27)(H,25,29)/t12-/m0/s1. The van der Waals surface area contributed by atoms with Gasteiger partial charge >= 0.3 is 5.97 Å². The van der Waals surface area contributed by atoms with Crippen molar-refractivity contribution in [3.8, 4) is 0 Å². The lowest BCUT2D eigenvalue weighted by atomic mass is 10.1. The second-order valence-corrected chi connectivity index (χ2v) is 7.89. The Balaban J connectivity index is 1.48. The molecule has 3 amide bonds. The van der Waals surface area contributed by atoms with Crippen LogP contribution in [-0.2, 0) is 19.1 Å². The molecular formula is C20H16Cl3N3O5. The Morgan fingerprint density at radius 1 is 1.03 bits per heavy atom. The number of amides is 3. The van der Waals surface area contributed by atoms with E-state index in [1.807, 2.05) is 0 Å². The third-order valence-corrected chi connectivity index (χ3v) is 5.34. The number of hydrazine groups is 1. The van der Waals surface area contributed by atoms with Gasteiger partial charge in [-0.1, -0.05) is 34.8 Å². The molecule has 0 aliphatic carbocycles. The van der Waals surface area contributed by atoms with E-state index in [-0.39, 0.29) is 18.0 Å². The van der Waals surface area contributed by atoms with E-state index in [2.05, 4.69) is 10.7 Å². The molecule has 1 atom stereocenters. The molecule has 0 spiro atoms. The highest BCUT2D eigenvalue weighted by Gasteiger charge is 2.36. The fourth-order valence-corrected chi connectivity index (χ4v) is 3.21. The van der Waals surface area contributed by atoms with E-state index in [0.29, 0.717) is 21.3 Å². The maximum atomic E-state index is 12.2. The first kappa shape index (κ1) is 22.9. The second kappa shape index (κ2) is 10.00. The van der Waals surface area contributed by atoms with Crippen LogP contribution in [0.1, 0.15) is 16.8 Å². The lowest BCUT2D eigenvalue weighted by Crippen LogP contribution is -2.43. The number of esters is 1. The van der Waals surface area contributed by atoms with Crippen molar-refractivity contribution in [2.24, 2.45) is 5.92 Å². The molecule has 1 aliphatic heterocycles. The number of ether oxygens (including phenoxy) is 1. The fraction of sp³-hybridized carbons (Fsp3) is 0.200. The molecule has 2 N–H and O–H groups in total. The summed E-state index contributed by atoms with van der Waals surface area (Å²) in [6.45, 7) is -0.605. The molecule has 1 saturated heterocycles. The van der Waals surface area contributed by atoms with Crippen LogP contribution in [0.2, 0.25) is 15.1 Å². The van der Waals surface area contributed by atoms with Crippen molar-refractivity contribution in [2.75, 3.05) is 18.5 Å². The summed E-state index contributed by atoms with van der Waals surface area (Å²) in [4.78, 5) is 48.6. The van der Waals surface area contributed by atoms with E-state index in [4.69, 9.17) is 39.5 Å². The van der Waals surface area contributed by atoms with Gasteiger partial charge in [-0.2, -0.15) is 0 Å². The number of carbonyl (C=O) groups excluding carboxylic acids is 4. The van der Waals surface area contributed by atoms with Gasteiger partial charge in [-0.05, 0) is 42.5 Å². The fourth-order valence-electron chi connectivity index (χ4n) is 2.79. The lowest BCUT2D eigenvalue weighted by molar-refractivity contribution is -0.151. The first-order valence-corrected chi connectivity index (χ1v) is 10.1. The van der Waals surface area contributed by atoms with E-state index in [1.54, 1.807) is 18.2 Å². The summed E-state index contributed by atoms with van der Waals surface area (Å²) in [7, 11) is 0. The maximum Gasteiger partial charge on any atom is 0.311 e. The van der Waals surface area contributed by atoms with E-state index < -0.39 is 36.2 Å². The van der Waals surface area contributed by atoms with Crippen LogP contribution < -0.4 is 10.7 Å². The van der Waals surface area contributed by atoms with Crippen molar-refractivity contribution in [2.45, 2.75) is 6.42 Å². The van der Waals surface area contributed by atoms with Crippen LogP contribution >= 0.6 is 34.8 Å². The van der Waals surface area contributed by atoms with E-state index in [9.17, 15) is 19.2 Å². The molecule has 0 unspecified atom stereocenters. The van der Waals surface area contributed by atoms with Gasteiger partial charge in [-0.25, -0.2) is 0 Å². The summed E-state index contributed by atoms with van der Waals surface area (Å²) in [5, 5.41) is 4.65. The van der Waals surface area contributed by atoms with Crippen molar-refractivity contribution in [3.05, 3.63) is 63.1 Å². The van der Waals surface area contributed by atoms with Gasteiger partial charge in [0.15, 0.2) is 6.61 Å². The minimum atomic E-state index is -0.809. The van der Waals surface area contributed by atoms with Gasteiger partial charge < -0.3 is 10.1 Å². The molecule has 2 aromatic carbocycles. The molecule has 0 aromatic heterocycles. The Labute approximate surface area is 192 Å². The topological polar surface area (TPSA) is 105 Å². The zero-order chi connectivity index (χ0) is 22.5. The van der Waals surface area contributed by atoms with E-state index in [1.165, 1.54) is 24.3 Å². The van der Waals surface area contributed by atoms with Gasteiger partial charge in [0.25, 0.3) is 11.8 Å². The number of hydrogen-bond donors (Lipinski definition) is 2. The van der Waals surface area contributed by atoms with Crippen LogP contribution in [0.4, 0.5) is 5.69 Å². The number of anilines is 1. The summed E-state index contributed by atoms with van der Waals surface area (Å²) >= 11 is 17.5. The Kier molecular flexibility index (Phi) is 7.37. The number of halogens is 3. The molecule has 0 radical (unpaired) electrons. The first-order chi connectivity index (χ1) is 14.7. The molecule has 8 nitrogen and oxygen atoms in total. The third-order valence-electron chi connectivity index (χ3n) is 4.35. The highest BCUT2D eigenvalue weighted by atomic mass is 35.5. The molecule has 1 fully saturated rings. The van der Waals surface area contributed by atoms with Crippen LogP contribution in [0, 0.1) is 5.92 Å².